The number of nitriles is 1. The highest BCUT2D eigenvalue weighted by atomic mass is 16.5. The van der Waals surface area contributed by atoms with Crippen LogP contribution in [-0.4, -0.2) is 16.6 Å². The van der Waals surface area contributed by atoms with Crippen LogP contribution in [0, 0.1) is 11.3 Å². The smallest absolute Gasteiger partial charge is 0.327 e. The predicted molar refractivity (Wildman–Crippen MR) is 148 cm³/mol. The first-order valence-electron chi connectivity index (χ1n) is 12.4. The number of rotatable bonds is 9. The van der Waals surface area contributed by atoms with E-state index in [2.05, 4.69) is 42.1 Å². The zero-order valence-electron chi connectivity index (χ0n) is 22.0. The average molecular weight is 510 g/mol. The molecule has 0 fully saturated rings. The van der Waals surface area contributed by atoms with E-state index in [9.17, 15) is 5.26 Å². The second kappa shape index (κ2) is 11.5. The Labute approximate surface area is 223 Å². The zero-order chi connectivity index (χ0) is 27.1. The maximum absolute atomic E-state index is 9.46. The summed E-state index contributed by atoms with van der Waals surface area (Å²) in [6, 6.07) is 24.6. The Morgan fingerprint density at radius 3 is 2.39 bits per heavy atom. The summed E-state index contributed by atoms with van der Waals surface area (Å²) in [7, 11) is 0. The van der Waals surface area contributed by atoms with Crippen molar-refractivity contribution in [2.45, 2.75) is 39.7 Å². The summed E-state index contributed by atoms with van der Waals surface area (Å²) in [6.07, 6.45) is 0. The lowest BCUT2D eigenvalue weighted by Gasteiger charge is -2.22. The number of nitrogens with one attached hydrogen (secondary N) is 1. The number of anilines is 2. The van der Waals surface area contributed by atoms with Gasteiger partial charge in [-0.3, -0.25) is 0 Å². The van der Waals surface area contributed by atoms with Crippen molar-refractivity contribution in [2.24, 2.45) is 0 Å². The SMILES string of the molecule is CCOc1cccc(Oc2nc(Oc3cc(C#N)ccc3C(C)(C)C)nc(NCc3ccccc3)c2N)c1. The van der Waals surface area contributed by atoms with Crippen molar-refractivity contribution in [3.8, 4) is 35.2 Å². The van der Waals surface area contributed by atoms with E-state index in [1.165, 1.54) is 0 Å². The molecule has 8 heteroatoms. The topological polar surface area (TPSA) is 115 Å². The molecule has 0 spiro atoms. The van der Waals surface area contributed by atoms with Gasteiger partial charge in [0.1, 0.15) is 22.9 Å². The van der Waals surface area contributed by atoms with Gasteiger partial charge in [0.2, 0.25) is 0 Å². The number of nitrogens with two attached hydrogens (primary N) is 1. The number of aromatic nitrogens is 2. The maximum atomic E-state index is 9.46. The number of nitrogens with zero attached hydrogens (tertiary/aromatic N) is 3. The molecule has 4 rings (SSSR count). The Hall–Kier alpha value is -4.77. The number of ether oxygens (including phenoxy) is 3. The Morgan fingerprint density at radius 1 is 0.921 bits per heavy atom. The van der Waals surface area contributed by atoms with Crippen LogP contribution in [0.15, 0.2) is 72.8 Å². The Morgan fingerprint density at radius 2 is 1.68 bits per heavy atom. The van der Waals surface area contributed by atoms with E-state index in [0.717, 1.165) is 11.1 Å². The highest BCUT2D eigenvalue weighted by Gasteiger charge is 2.22. The normalized spacial score (nSPS) is 10.9. The molecule has 8 nitrogen and oxygen atoms in total. The van der Waals surface area contributed by atoms with Gasteiger partial charge in [-0.25, -0.2) is 0 Å². The molecule has 0 atom stereocenters. The van der Waals surface area contributed by atoms with Crippen LogP contribution in [0.1, 0.15) is 44.4 Å². The number of benzene rings is 3. The molecule has 0 aliphatic carbocycles. The molecule has 4 aromatic rings. The minimum Gasteiger partial charge on any atom is -0.494 e. The van der Waals surface area contributed by atoms with Gasteiger partial charge in [-0.15, -0.1) is 0 Å². The molecule has 0 saturated heterocycles. The van der Waals surface area contributed by atoms with Gasteiger partial charge in [0.05, 0.1) is 18.2 Å². The average Bonchev–Trinajstić information content (AvgIpc) is 2.90. The lowest BCUT2D eigenvalue weighted by atomic mass is 9.86. The highest BCUT2D eigenvalue weighted by Crippen LogP contribution is 2.38. The molecular weight excluding hydrogens is 478 g/mol. The molecule has 0 radical (unpaired) electrons. The van der Waals surface area contributed by atoms with Gasteiger partial charge in [0, 0.05) is 18.2 Å². The van der Waals surface area contributed by atoms with Crippen molar-refractivity contribution in [2.75, 3.05) is 17.7 Å². The van der Waals surface area contributed by atoms with Crippen molar-refractivity contribution >= 4 is 11.5 Å². The van der Waals surface area contributed by atoms with Gasteiger partial charge >= 0.3 is 6.01 Å². The highest BCUT2D eigenvalue weighted by molar-refractivity contribution is 5.68. The number of hydrogen-bond donors (Lipinski definition) is 2. The minimum absolute atomic E-state index is 0.0336. The second-order valence-electron chi connectivity index (χ2n) is 9.60. The van der Waals surface area contributed by atoms with E-state index in [0.29, 0.717) is 41.8 Å². The van der Waals surface area contributed by atoms with Crippen molar-refractivity contribution in [1.82, 2.24) is 9.97 Å². The Balaban J connectivity index is 1.74. The molecule has 0 aliphatic heterocycles. The quantitative estimate of drug-likeness (QED) is 0.252. The largest absolute Gasteiger partial charge is 0.494 e. The van der Waals surface area contributed by atoms with Crippen molar-refractivity contribution in [3.05, 3.63) is 89.5 Å². The lowest BCUT2D eigenvalue weighted by molar-refractivity contribution is 0.337. The van der Waals surface area contributed by atoms with Crippen molar-refractivity contribution in [1.29, 1.82) is 5.26 Å². The van der Waals surface area contributed by atoms with Crippen LogP contribution in [0.5, 0.6) is 29.1 Å². The van der Waals surface area contributed by atoms with Gasteiger partial charge in [-0.2, -0.15) is 15.2 Å². The third-order valence-electron chi connectivity index (χ3n) is 5.64. The summed E-state index contributed by atoms with van der Waals surface area (Å²) in [4.78, 5) is 9.04. The first kappa shape index (κ1) is 26.3. The van der Waals surface area contributed by atoms with E-state index in [1.54, 1.807) is 24.3 Å². The minimum atomic E-state index is -0.245. The van der Waals surface area contributed by atoms with E-state index in [4.69, 9.17) is 19.9 Å². The first-order chi connectivity index (χ1) is 18.3. The third kappa shape index (κ3) is 6.51. The van der Waals surface area contributed by atoms with Crippen molar-refractivity contribution in [3.63, 3.8) is 0 Å². The summed E-state index contributed by atoms with van der Waals surface area (Å²) in [5.74, 6) is 2.15. The fourth-order valence-electron chi connectivity index (χ4n) is 3.77. The summed E-state index contributed by atoms with van der Waals surface area (Å²) < 4.78 is 17.9. The molecule has 1 heterocycles. The number of hydrogen-bond acceptors (Lipinski definition) is 8. The predicted octanol–water partition coefficient (Wildman–Crippen LogP) is 6.82. The summed E-state index contributed by atoms with van der Waals surface area (Å²) in [6.45, 7) is 9.13. The van der Waals surface area contributed by atoms with Gasteiger partial charge in [0.15, 0.2) is 5.82 Å². The second-order valence-corrected chi connectivity index (χ2v) is 9.60. The van der Waals surface area contributed by atoms with Gasteiger partial charge < -0.3 is 25.3 Å². The van der Waals surface area contributed by atoms with Crippen LogP contribution in [0.4, 0.5) is 11.5 Å². The van der Waals surface area contributed by atoms with Crippen LogP contribution >= 0.6 is 0 Å². The standard InChI is InChI=1S/C30H31N5O3/c1-5-36-22-12-9-13-23(17-22)37-28-26(32)27(33-19-20-10-7-6-8-11-20)34-29(35-28)38-25-16-21(18-31)14-15-24(25)30(2,3)4/h6-17H,5,19,32H2,1-4H3,(H,33,34,35). The van der Waals surface area contributed by atoms with Gasteiger partial charge in [-0.05, 0) is 42.2 Å². The molecule has 38 heavy (non-hydrogen) atoms. The molecule has 3 aromatic carbocycles. The van der Waals surface area contributed by atoms with E-state index < -0.39 is 0 Å². The van der Waals surface area contributed by atoms with Crippen LogP contribution in [-0.2, 0) is 12.0 Å². The third-order valence-corrected chi connectivity index (χ3v) is 5.64. The Kier molecular flexibility index (Phi) is 7.97. The molecule has 194 valence electrons. The molecule has 1 aromatic heterocycles. The molecule has 0 bridgehead atoms. The molecule has 0 unspecified atom stereocenters. The van der Waals surface area contributed by atoms with E-state index in [1.807, 2.05) is 55.5 Å². The molecule has 0 amide bonds. The van der Waals surface area contributed by atoms with Crippen LogP contribution in [0.3, 0.4) is 0 Å². The monoisotopic (exact) mass is 509 g/mol. The van der Waals surface area contributed by atoms with Crippen LogP contribution in [0.25, 0.3) is 0 Å². The van der Waals surface area contributed by atoms with Gasteiger partial charge in [-0.1, -0.05) is 63.2 Å². The van der Waals surface area contributed by atoms with Crippen LogP contribution < -0.4 is 25.3 Å². The van der Waals surface area contributed by atoms with Crippen LogP contribution in [0.2, 0.25) is 0 Å². The fourth-order valence-corrected chi connectivity index (χ4v) is 3.77. The molecular formula is C30H31N5O3. The zero-order valence-corrected chi connectivity index (χ0v) is 22.0. The summed E-state index contributed by atoms with van der Waals surface area (Å²) in [5, 5.41) is 12.7. The fraction of sp³-hybridized carbons (Fsp3) is 0.233. The first-order valence-corrected chi connectivity index (χ1v) is 12.4. The molecule has 0 saturated carbocycles. The Bertz CT molecular complexity index is 1440. The van der Waals surface area contributed by atoms with Crippen molar-refractivity contribution < 1.29 is 14.2 Å². The molecule has 0 aliphatic rings. The lowest BCUT2D eigenvalue weighted by Crippen LogP contribution is -2.13. The molecule has 3 N–H and O–H groups in total. The van der Waals surface area contributed by atoms with E-state index >= 15 is 0 Å². The summed E-state index contributed by atoms with van der Waals surface area (Å²) in [5.41, 5.74) is 8.87. The number of nitrogen functional groups attached to an aromatic ring is 1. The summed E-state index contributed by atoms with van der Waals surface area (Å²) >= 11 is 0. The van der Waals surface area contributed by atoms with Gasteiger partial charge in [0.25, 0.3) is 5.88 Å². The maximum Gasteiger partial charge on any atom is 0.327 e. The van der Waals surface area contributed by atoms with E-state index in [-0.39, 0.29) is 23.0 Å².